The summed E-state index contributed by atoms with van der Waals surface area (Å²) in [5.41, 5.74) is 0.464. The van der Waals surface area contributed by atoms with E-state index < -0.39 is 4.92 Å². The molecule has 0 unspecified atom stereocenters. The number of hydrogen-bond acceptors (Lipinski definition) is 3. The molecule has 1 heterocycles. The number of likely N-dealkylation sites (N-methyl/N-ethyl adjacent to an activating group) is 1. The second-order valence-electron chi connectivity index (χ2n) is 4.94. The molecular formula is C13H18ClN4O2S+. The van der Waals surface area contributed by atoms with E-state index in [4.69, 9.17) is 23.8 Å². The standard InChI is InChI=1S/C13H17ClN4O2S/c1-2-16-5-7-17(8-6-16)13(21)15-12-9-10(18(19)20)3-4-11(12)14/h3-4,9H,2,5-8H2,1H3,(H,15,21)/p+1. The number of quaternary nitrogens is 1. The van der Waals surface area contributed by atoms with Crippen LogP contribution >= 0.6 is 23.8 Å². The molecule has 1 saturated heterocycles. The third-order valence-corrected chi connectivity index (χ3v) is 4.35. The lowest BCUT2D eigenvalue weighted by Crippen LogP contribution is -3.14. The highest BCUT2D eigenvalue weighted by Gasteiger charge is 2.21. The van der Waals surface area contributed by atoms with Crippen LogP contribution < -0.4 is 10.2 Å². The molecule has 114 valence electrons. The number of thiocarbonyl (C=S) groups is 1. The summed E-state index contributed by atoms with van der Waals surface area (Å²) >= 11 is 11.4. The highest BCUT2D eigenvalue weighted by atomic mass is 35.5. The summed E-state index contributed by atoms with van der Waals surface area (Å²) in [7, 11) is 0. The van der Waals surface area contributed by atoms with E-state index in [1.54, 1.807) is 4.90 Å². The summed E-state index contributed by atoms with van der Waals surface area (Å²) in [4.78, 5) is 14.0. The maximum Gasteiger partial charge on any atom is 0.271 e. The molecule has 0 aliphatic carbocycles. The highest BCUT2D eigenvalue weighted by Crippen LogP contribution is 2.26. The summed E-state index contributed by atoms with van der Waals surface area (Å²) < 4.78 is 0. The van der Waals surface area contributed by atoms with Gasteiger partial charge in [-0.2, -0.15) is 0 Å². The minimum Gasteiger partial charge on any atom is -0.338 e. The van der Waals surface area contributed by atoms with Gasteiger partial charge in [-0.05, 0) is 25.2 Å². The number of nitrogens with zero attached hydrogens (tertiary/aromatic N) is 2. The van der Waals surface area contributed by atoms with Crippen LogP contribution in [0.25, 0.3) is 0 Å². The smallest absolute Gasteiger partial charge is 0.271 e. The molecule has 1 fully saturated rings. The number of hydrogen-bond donors (Lipinski definition) is 2. The Balaban J connectivity index is 2.03. The van der Waals surface area contributed by atoms with Gasteiger partial charge in [-0.3, -0.25) is 10.1 Å². The Bertz CT molecular complexity index is 547. The number of benzene rings is 1. The Morgan fingerprint density at radius 2 is 2.19 bits per heavy atom. The normalized spacial score (nSPS) is 15.8. The van der Waals surface area contributed by atoms with Crippen LogP contribution in [0.15, 0.2) is 18.2 Å². The summed E-state index contributed by atoms with van der Waals surface area (Å²) in [6.45, 7) is 7.13. The van der Waals surface area contributed by atoms with Gasteiger partial charge in [0.15, 0.2) is 5.11 Å². The van der Waals surface area contributed by atoms with Gasteiger partial charge in [-0.25, -0.2) is 0 Å². The summed E-state index contributed by atoms with van der Waals surface area (Å²) in [6.07, 6.45) is 0. The fraction of sp³-hybridized carbons (Fsp3) is 0.462. The van der Waals surface area contributed by atoms with Gasteiger partial charge >= 0.3 is 0 Å². The molecule has 0 radical (unpaired) electrons. The van der Waals surface area contributed by atoms with E-state index in [1.165, 1.54) is 18.2 Å². The first-order valence-corrected chi connectivity index (χ1v) is 7.63. The molecule has 1 aliphatic rings. The maximum atomic E-state index is 10.8. The summed E-state index contributed by atoms with van der Waals surface area (Å²) in [6, 6.07) is 4.28. The molecule has 21 heavy (non-hydrogen) atoms. The van der Waals surface area contributed by atoms with Crippen LogP contribution in [-0.4, -0.2) is 47.7 Å². The van der Waals surface area contributed by atoms with Crippen LogP contribution in [0.5, 0.6) is 0 Å². The third kappa shape index (κ3) is 4.03. The minimum absolute atomic E-state index is 0.00931. The fourth-order valence-corrected chi connectivity index (χ4v) is 2.75. The average Bonchev–Trinajstić information content (AvgIpc) is 2.49. The third-order valence-electron chi connectivity index (χ3n) is 3.66. The average molecular weight is 330 g/mol. The van der Waals surface area contributed by atoms with Crippen molar-refractivity contribution < 1.29 is 9.82 Å². The van der Waals surface area contributed by atoms with Crippen LogP contribution in [0.3, 0.4) is 0 Å². The summed E-state index contributed by atoms with van der Waals surface area (Å²) in [5.74, 6) is 0. The fourth-order valence-electron chi connectivity index (χ4n) is 2.30. The lowest BCUT2D eigenvalue weighted by atomic mass is 10.3. The van der Waals surface area contributed by atoms with Crippen molar-refractivity contribution in [2.24, 2.45) is 0 Å². The number of nitrogens with one attached hydrogen (secondary N) is 2. The monoisotopic (exact) mass is 329 g/mol. The van der Waals surface area contributed by atoms with E-state index in [1.807, 2.05) is 0 Å². The van der Waals surface area contributed by atoms with Gasteiger partial charge in [0.1, 0.15) is 0 Å². The molecule has 0 amide bonds. The number of piperazine rings is 1. The number of nitro groups is 1. The van der Waals surface area contributed by atoms with Crippen LogP contribution in [-0.2, 0) is 0 Å². The number of nitro benzene ring substituents is 1. The minimum atomic E-state index is -0.450. The van der Waals surface area contributed by atoms with Crippen LogP contribution in [0.2, 0.25) is 5.02 Å². The lowest BCUT2D eigenvalue weighted by molar-refractivity contribution is -0.902. The van der Waals surface area contributed by atoms with Crippen LogP contribution in [0.4, 0.5) is 11.4 Å². The molecule has 0 spiro atoms. The van der Waals surface area contributed by atoms with Gasteiger partial charge < -0.3 is 15.1 Å². The van der Waals surface area contributed by atoms with Crippen molar-refractivity contribution >= 4 is 40.3 Å². The van der Waals surface area contributed by atoms with Crippen molar-refractivity contribution in [1.29, 1.82) is 0 Å². The molecule has 1 aromatic rings. The van der Waals surface area contributed by atoms with Gasteiger partial charge in [-0.15, -0.1) is 0 Å². The zero-order valence-corrected chi connectivity index (χ0v) is 13.3. The molecular weight excluding hydrogens is 312 g/mol. The second-order valence-corrected chi connectivity index (χ2v) is 5.74. The Labute approximate surface area is 133 Å². The highest BCUT2D eigenvalue weighted by molar-refractivity contribution is 7.80. The van der Waals surface area contributed by atoms with Crippen molar-refractivity contribution in [3.05, 3.63) is 33.3 Å². The Morgan fingerprint density at radius 3 is 2.76 bits per heavy atom. The largest absolute Gasteiger partial charge is 0.338 e. The first-order chi connectivity index (χ1) is 10.0. The van der Waals surface area contributed by atoms with Crippen molar-refractivity contribution in [3.8, 4) is 0 Å². The van der Waals surface area contributed by atoms with Gasteiger partial charge in [0.2, 0.25) is 0 Å². The second kappa shape index (κ2) is 7.02. The first kappa shape index (κ1) is 15.9. The quantitative estimate of drug-likeness (QED) is 0.495. The van der Waals surface area contributed by atoms with Crippen molar-refractivity contribution in [2.45, 2.75) is 6.92 Å². The van der Waals surface area contributed by atoms with E-state index in [0.29, 0.717) is 15.8 Å². The molecule has 0 saturated carbocycles. The molecule has 0 atom stereocenters. The number of anilines is 1. The number of halogens is 1. The Kier molecular flexibility index (Phi) is 5.33. The van der Waals surface area contributed by atoms with Gasteiger partial charge in [0.25, 0.3) is 5.69 Å². The molecule has 2 rings (SSSR count). The molecule has 0 bridgehead atoms. The maximum absolute atomic E-state index is 10.8. The molecule has 6 nitrogen and oxygen atoms in total. The Hall–Kier alpha value is -1.44. The molecule has 0 aromatic heterocycles. The number of non-ortho nitro benzene ring substituents is 1. The SMILES string of the molecule is CC[NH+]1CCN(C(=S)Nc2cc([N+](=O)[O-])ccc2Cl)CC1. The van der Waals surface area contributed by atoms with Crippen molar-refractivity contribution in [2.75, 3.05) is 38.0 Å². The van der Waals surface area contributed by atoms with Gasteiger partial charge in [-0.1, -0.05) is 11.6 Å². The topological polar surface area (TPSA) is 62.8 Å². The van der Waals surface area contributed by atoms with Crippen LogP contribution in [0.1, 0.15) is 6.92 Å². The lowest BCUT2D eigenvalue weighted by Gasteiger charge is -2.33. The number of rotatable bonds is 3. The van der Waals surface area contributed by atoms with Crippen molar-refractivity contribution in [1.82, 2.24) is 4.90 Å². The first-order valence-electron chi connectivity index (χ1n) is 6.84. The van der Waals surface area contributed by atoms with Crippen LogP contribution in [0, 0.1) is 10.1 Å². The van der Waals surface area contributed by atoms with Gasteiger partial charge in [0.05, 0.1) is 48.4 Å². The summed E-state index contributed by atoms with van der Waals surface area (Å²) in [5, 5.41) is 14.8. The predicted molar refractivity (Wildman–Crippen MR) is 87.1 cm³/mol. The molecule has 2 N–H and O–H groups in total. The Morgan fingerprint density at radius 1 is 1.52 bits per heavy atom. The molecule has 1 aromatic carbocycles. The zero-order chi connectivity index (χ0) is 15.4. The zero-order valence-electron chi connectivity index (χ0n) is 11.8. The molecule has 1 aliphatic heterocycles. The van der Waals surface area contributed by atoms with E-state index in [0.717, 1.165) is 32.7 Å². The van der Waals surface area contributed by atoms with E-state index in [2.05, 4.69) is 17.1 Å². The van der Waals surface area contributed by atoms with Crippen molar-refractivity contribution in [3.63, 3.8) is 0 Å². The van der Waals surface area contributed by atoms with E-state index in [9.17, 15) is 10.1 Å². The molecule has 8 heteroatoms. The predicted octanol–water partition coefficient (Wildman–Crippen LogP) is 1.17. The van der Waals surface area contributed by atoms with Gasteiger partial charge in [0, 0.05) is 12.1 Å². The van der Waals surface area contributed by atoms with E-state index in [-0.39, 0.29) is 5.69 Å². The van der Waals surface area contributed by atoms with E-state index >= 15 is 0 Å².